The summed E-state index contributed by atoms with van der Waals surface area (Å²) in [4.78, 5) is 9.20. The van der Waals surface area contributed by atoms with Crippen molar-refractivity contribution in [3.05, 3.63) is 52.5 Å². The van der Waals surface area contributed by atoms with Crippen molar-refractivity contribution in [3.63, 3.8) is 0 Å². The highest BCUT2D eigenvalue weighted by atomic mass is 35.5. The number of benzene rings is 2. The van der Waals surface area contributed by atoms with Crippen molar-refractivity contribution in [2.45, 2.75) is 6.92 Å². The number of nitrogens with one attached hydrogen (secondary N) is 1. The van der Waals surface area contributed by atoms with Crippen LogP contribution in [0.3, 0.4) is 0 Å². The van der Waals surface area contributed by atoms with Crippen LogP contribution in [0.2, 0.25) is 10.0 Å². The molecule has 2 aromatic carbocycles. The van der Waals surface area contributed by atoms with Gasteiger partial charge in [0, 0.05) is 22.5 Å². The summed E-state index contributed by atoms with van der Waals surface area (Å²) < 4.78 is 0. The van der Waals surface area contributed by atoms with E-state index in [-0.39, 0.29) is 0 Å². The molecule has 21 heavy (non-hydrogen) atoms. The Hall–Kier alpha value is -1.84. The summed E-state index contributed by atoms with van der Waals surface area (Å²) in [5.74, 6) is 1.40. The molecule has 1 N–H and O–H groups in total. The number of halogens is 2. The quantitative estimate of drug-likeness (QED) is 0.735. The number of nitrogens with zero attached hydrogens (tertiary/aromatic N) is 2. The summed E-state index contributed by atoms with van der Waals surface area (Å²) in [6.07, 6.45) is 0. The van der Waals surface area contributed by atoms with Crippen molar-refractivity contribution >= 4 is 39.9 Å². The molecular formula is C16H13Cl2N3. The zero-order valence-electron chi connectivity index (χ0n) is 11.4. The molecule has 3 nitrogen and oxygen atoms in total. The van der Waals surface area contributed by atoms with E-state index in [9.17, 15) is 0 Å². The molecule has 0 amide bonds. The molecule has 1 heterocycles. The van der Waals surface area contributed by atoms with Gasteiger partial charge in [0.25, 0.3) is 0 Å². The van der Waals surface area contributed by atoms with E-state index in [2.05, 4.69) is 15.3 Å². The lowest BCUT2D eigenvalue weighted by Gasteiger charge is -2.10. The number of fused-ring (bicyclic) bond motifs is 1. The summed E-state index contributed by atoms with van der Waals surface area (Å²) in [6, 6.07) is 13.2. The minimum atomic E-state index is 0.542. The molecule has 106 valence electrons. The Morgan fingerprint density at radius 2 is 1.86 bits per heavy atom. The van der Waals surface area contributed by atoms with Crippen LogP contribution in [0.15, 0.2) is 42.5 Å². The van der Waals surface area contributed by atoms with Crippen molar-refractivity contribution in [2.24, 2.45) is 0 Å². The minimum absolute atomic E-state index is 0.542. The lowest BCUT2D eigenvalue weighted by Crippen LogP contribution is -2.03. The minimum Gasteiger partial charge on any atom is -0.370 e. The van der Waals surface area contributed by atoms with Gasteiger partial charge in [0.05, 0.1) is 10.5 Å². The SMILES string of the molecule is CCNc1nc(-c2ccc(Cl)cc2Cl)nc2ccccc12. The molecule has 0 atom stereocenters. The van der Waals surface area contributed by atoms with E-state index < -0.39 is 0 Å². The van der Waals surface area contributed by atoms with Gasteiger partial charge in [-0.25, -0.2) is 9.97 Å². The van der Waals surface area contributed by atoms with Crippen LogP contribution in [0.1, 0.15) is 6.92 Å². The number of aromatic nitrogens is 2. The average Bonchev–Trinajstić information content (AvgIpc) is 2.47. The molecule has 0 aliphatic rings. The monoisotopic (exact) mass is 317 g/mol. The second kappa shape index (κ2) is 5.88. The van der Waals surface area contributed by atoms with Gasteiger partial charge >= 0.3 is 0 Å². The van der Waals surface area contributed by atoms with E-state index >= 15 is 0 Å². The first kappa shape index (κ1) is 14.1. The molecule has 1 aromatic heterocycles. The van der Waals surface area contributed by atoms with Crippen LogP contribution < -0.4 is 5.32 Å². The lowest BCUT2D eigenvalue weighted by atomic mass is 10.2. The third-order valence-electron chi connectivity index (χ3n) is 3.12. The maximum atomic E-state index is 6.26. The number of rotatable bonds is 3. The second-order valence-electron chi connectivity index (χ2n) is 4.57. The normalized spacial score (nSPS) is 10.8. The number of hydrogen-bond donors (Lipinski definition) is 1. The molecule has 0 radical (unpaired) electrons. The molecule has 0 spiro atoms. The Morgan fingerprint density at radius 1 is 1.05 bits per heavy atom. The van der Waals surface area contributed by atoms with Crippen molar-refractivity contribution in [3.8, 4) is 11.4 Å². The molecule has 0 aliphatic carbocycles. The molecule has 0 fully saturated rings. The van der Waals surface area contributed by atoms with Crippen molar-refractivity contribution < 1.29 is 0 Å². The lowest BCUT2D eigenvalue weighted by molar-refractivity contribution is 1.14. The third kappa shape index (κ3) is 2.80. The van der Waals surface area contributed by atoms with Gasteiger partial charge in [0.2, 0.25) is 0 Å². The van der Waals surface area contributed by atoms with Crippen LogP contribution in [0.5, 0.6) is 0 Å². The van der Waals surface area contributed by atoms with Gasteiger partial charge in [0.1, 0.15) is 5.82 Å². The molecular weight excluding hydrogens is 305 g/mol. The highest BCUT2D eigenvalue weighted by Gasteiger charge is 2.11. The maximum Gasteiger partial charge on any atom is 0.163 e. The number of anilines is 1. The Kier molecular flexibility index (Phi) is 3.95. The third-order valence-corrected chi connectivity index (χ3v) is 3.67. The fourth-order valence-electron chi connectivity index (χ4n) is 2.17. The van der Waals surface area contributed by atoms with Crippen LogP contribution in [-0.2, 0) is 0 Å². The summed E-state index contributed by atoms with van der Waals surface area (Å²) in [5, 5.41) is 5.40. The second-order valence-corrected chi connectivity index (χ2v) is 5.41. The molecule has 3 rings (SSSR count). The van der Waals surface area contributed by atoms with Gasteiger partial charge in [-0.3, -0.25) is 0 Å². The van der Waals surface area contributed by atoms with Gasteiger partial charge in [-0.05, 0) is 37.3 Å². The molecule has 0 bridgehead atoms. The zero-order chi connectivity index (χ0) is 14.8. The van der Waals surface area contributed by atoms with E-state index in [0.717, 1.165) is 28.8 Å². The molecule has 0 saturated heterocycles. The van der Waals surface area contributed by atoms with Crippen LogP contribution >= 0.6 is 23.2 Å². The molecule has 0 saturated carbocycles. The zero-order valence-corrected chi connectivity index (χ0v) is 12.9. The largest absolute Gasteiger partial charge is 0.370 e. The van der Waals surface area contributed by atoms with E-state index in [1.54, 1.807) is 12.1 Å². The van der Waals surface area contributed by atoms with Gasteiger partial charge in [0.15, 0.2) is 5.82 Å². The summed E-state index contributed by atoms with van der Waals surface area (Å²) in [5.41, 5.74) is 1.65. The average molecular weight is 318 g/mol. The predicted octanol–water partition coefficient (Wildman–Crippen LogP) is 5.04. The van der Waals surface area contributed by atoms with Crippen LogP contribution in [0.4, 0.5) is 5.82 Å². The maximum absolute atomic E-state index is 6.26. The summed E-state index contributed by atoms with van der Waals surface area (Å²) in [7, 11) is 0. The fraction of sp³-hybridized carbons (Fsp3) is 0.125. The van der Waals surface area contributed by atoms with Crippen LogP contribution in [0, 0.1) is 0 Å². The van der Waals surface area contributed by atoms with E-state index in [1.165, 1.54) is 0 Å². The van der Waals surface area contributed by atoms with E-state index in [4.69, 9.17) is 23.2 Å². The highest BCUT2D eigenvalue weighted by molar-refractivity contribution is 6.36. The van der Waals surface area contributed by atoms with Crippen LogP contribution in [0.25, 0.3) is 22.3 Å². The first-order valence-electron chi connectivity index (χ1n) is 6.65. The topological polar surface area (TPSA) is 37.8 Å². The number of para-hydroxylation sites is 1. The van der Waals surface area contributed by atoms with Gasteiger partial charge < -0.3 is 5.32 Å². The summed E-state index contributed by atoms with van der Waals surface area (Å²) in [6.45, 7) is 2.82. The smallest absolute Gasteiger partial charge is 0.163 e. The Morgan fingerprint density at radius 3 is 2.62 bits per heavy atom. The van der Waals surface area contributed by atoms with E-state index in [0.29, 0.717) is 15.9 Å². The summed E-state index contributed by atoms with van der Waals surface area (Å²) >= 11 is 12.2. The van der Waals surface area contributed by atoms with Gasteiger partial charge in [-0.2, -0.15) is 0 Å². The fourth-order valence-corrected chi connectivity index (χ4v) is 2.66. The predicted molar refractivity (Wildman–Crippen MR) is 89.2 cm³/mol. The Balaban J connectivity index is 2.23. The van der Waals surface area contributed by atoms with Crippen LogP contribution in [-0.4, -0.2) is 16.5 Å². The van der Waals surface area contributed by atoms with Crippen molar-refractivity contribution in [1.29, 1.82) is 0 Å². The highest BCUT2D eigenvalue weighted by Crippen LogP contribution is 2.31. The molecule has 3 aromatic rings. The Bertz CT molecular complexity index is 803. The first-order valence-corrected chi connectivity index (χ1v) is 7.40. The number of hydrogen-bond acceptors (Lipinski definition) is 3. The molecule has 5 heteroatoms. The first-order chi connectivity index (χ1) is 10.2. The molecule has 0 unspecified atom stereocenters. The van der Waals surface area contributed by atoms with Gasteiger partial charge in [-0.15, -0.1) is 0 Å². The van der Waals surface area contributed by atoms with Gasteiger partial charge in [-0.1, -0.05) is 35.3 Å². The molecule has 0 aliphatic heterocycles. The standard InChI is InChI=1S/C16H13Cl2N3/c1-2-19-15-12-5-3-4-6-14(12)20-16(21-15)11-8-7-10(17)9-13(11)18/h3-9H,2H2,1H3,(H,19,20,21). The Labute approximate surface area is 132 Å². The van der Waals surface area contributed by atoms with Crippen molar-refractivity contribution in [1.82, 2.24) is 9.97 Å². The van der Waals surface area contributed by atoms with Crippen molar-refractivity contribution in [2.75, 3.05) is 11.9 Å². The van der Waals surface area contributed by atoms with E-state index in [1.807, 2.05) is 37.3 Å².